The SMILES string of the molecule is CCN(Cc1nccn1CC)CC1CCCN1. The summed E-state index contributed by atoms with van der Waals surface area (Å²) in [5.41, 5.74) is 0. The van der Waals surface area contributed by atoms with E-state index in [9.17, 15) is 0 Å². The summed E-state index contributed by atoms with van der Waals surface area (Å²) < 4.78 is 2.23. The van der Waals surface area contributed by atoms with E-state index in [-0.39, 0.29) is 0 Å². The molecule has 4 nitrogen and oxygen atoms in total. The second-order valence-electron chi connectivity index (χ2n) is 4.75. The molecular weight excluding hydrogens is 212 g/mol. The first-order valence-electron chi connectivity index (χ1n) is 6.79. The monoisotopic (exact) mass is 236 g/mol. The van der Waals surface area contributed by atoms with Crippen molar-refractivity contribution in [2.45, 2.75) is 45.8 Å². The third kappa shape index (κ3) is 3.30. The lowest BCUT2D eigenvalue weighted by molar-refractivity contribution is 0.244. The summed E-state index contributed by atoms with van der Waals surface area (Å²) in [7, 11) is 0. The minimum absolute atomic E-state index is 0.681. The summed E-state index contributed by atoms with van der Waals surface area (Å²) in [6.45, 7) is 9.80. The van der Waals surface area contributed by atoms with Gasteiger partial charge in [0, 0.05) is 31.5 Å². The predicted octanol–water partition coefficient (Wildman–Crippen LogP) is 1.48. The maximum Gasteiger partial charge on any atom is 0.122 e. The van der Waals surface area contributed by atoms with Crippen molar-refractivity contribution in [1.82, 2.24) is 19.8 Å². The molecule has 0 aromatic carbocycles. The van der Waals surface area contributed by atoms with Gasteiger partial charge in [-0.3, -0.25) is 4.90 Å². The van der Waals surface area contributed by atoms with Gasteiger partial charge in [0.25, 0.3) is 0 Å². The first kappa shape index (κ1) is 12.6. The normalized spacial score (nSPS) is 20.3. The van der Waals surface area contributed by atoms with Crippen molar-refractivity contribution in [1.29, 1.82) is 0 Å². The van der Waals surface area contributed by atoms with Crippen LogP contribution in [0.15, 0.2) is 12.4 Å². The fourth-order valence-electron chi connectivity index (χ4n) is 2.51. The van der Waals surface area contributed by atoms with Crippen LogP contribution in [0.2, 0.25) is 0 Å². The third-order valence-corrected chi connectivity index (χ3v) is 3.60. The molecule has 1 atom stereocenters. The van der Waals surface area contributed by atoms with Gasteiger partial charge in [-0.2, -0.15) is 0 Å². The number of imidazole rings is 1. The van der Waals surface area contributed by atoms with Gasteiger partial charge in [0.15, 0.2) is 0 Å². The zero-order valence-electron chi connectivity index (χ0n) is 11.0. The molecule has 1 N–H and O–H groups in total. The van der Waals surface area contributed by atoms with E-state index in [1.54, 1.807) is 0 Å². The fourth-order valence-corrected chi connectivity index (χ4v) is 2.51. The molecule has 0 bridgehead atoms. The lowest BCUT2D eigenvalue weighted by Gasteiger charge is -2.24. The highest BCUT2D eigenvalue weighted by Crippen LogP contribution is 2.09. The molecule has 1 saturated heterocycles. The van der Waals surface area contributed by atoms with Crippen molar-refractivity contribution in [3.05, 3.63) is 18.2 Å². The Labute approximate surface area is 104 Å². The van der Waals surface area contributed by atoms with Gasteiger partial charge in [0.05, 0.1) is 6.54 Å². The Kier molecular flexibility index (Phi) is 4.57. The number of aromatic nitrogens is 2. The van der Waals surface area contributed by atoms with Crippen molar-refractivity contribution in [3.63, 3.8) is 0 Å². The Morgan fingerprint density at radius 1 is 1.53 bits per heavy atom. The standard InChI is InChI=1S/C13H24N4/c1-3-16(10-12-6-5-7-14-12)11-13-15-8-9-17(13)4-2/h8-9,12,14H,3-7,10-11H2,1-2H3. The number of aryl methyl sites for hydroxylation is 1. The second-order valence-corrected chi connectivity index (χ2v) is 4.75. The zero-order chi connectivity index (χ0) is 12.1. The van der Waals surface area contributed by atoms with Gasteiger partial charge in [0.2, 0.25) is 0 Å². The molecule has 2 rings (SSSR count). The molecule has 96 valence electrons. The van der Waals surface area contributed by atoms with E-state index in [1.165, 1.54) is 25.2 Å². The van der Waals surface area contributed by atoms with Crippen LogP contribution < -0.4 is 5.32 Å². The molecule has 0 amide bonds. The van der Waals surface area contributed by atoms with Crippen LogP contribution in [0.25, 0.3) is 0 Å². The summed E-state index contributed by atoms with van der Waals surface area (Å²) in [5, 5.41) is 3.56. The van der Waals surface area contributed by atoms with E-state index >= 15 is 0 Å². The fraction of sp³-hybridized carbons (Fsp3) is 0.769. The molecular formula is C13H24N4. The summed E-state index contributed by atoms with van der Waals surface area (Å²) in [6, 6.07) is 0.681. The molecule has 17 heavy (non-hydrogen) atoms. The van der Waals surface area contributed by atoms with E-state index < -0.39 is 0 Å². The Morgan fingerprint density at radius 3 is 3.06 bits per heavy atom. The number of hydrogen-bond acceptors (Lipinski definition) is 3. The van der Waals surface area contributed by atoms with Crippen LogP contribution in [0.3, 0.4) is 0 Å². The summed E-state index contributed by atoms with van der Waals surface area (Å²) in [4.78, 5) is 6.93. The van der Waals surface area contributed by atoms with Gasteiger partial charge < -0.3 is 9.88 Å². The van der Waals surface area contributed by atoms with E-state index in [4.69, 9.17) is 0 Å². The molecule has 1 aromatic rings. The van der Waals surface area contributed by atoms with Crippen LogP contribution in [-0.4, -0.2) is 40.1 Å². The van der Waals surface area contributed by atoms with Crippen molar-refractivity contribution in [2.24, 2.45) is 0 Å². The number of rotatable bonds is 6. The Bertz CT molecular complexity index is 328. The number of hydrogen-bond donors (Lipinski definition) is 1. The Morgan fingerprint density at radius 2 is 2.41 bits per heavy atom. The third-order valence-electron chi connectivity index (χ3n) is 3.60. The van der Waals surface area contributed by atoms with Crippen LogP contribution >= 0.6 is 0 Å². The molecule has 1 aromatic heterocycles. The molecule has 0 radical (unpaired) electrons. The molecule has 1 aliphatic heterocycles. The van der Waals surface area contributed by atoms with Gasteiger partial charge in [-0.25, -0.2) is 4.98 Å². The molecule has 2 heterocycles. The van der Waals surface area contributed by atoms with Gasteiger partial charge in [0.1, 0.15) is 5.82 Å². The second kappa shape index (κ2) is 6.17. The van der Waals surface area contributed by atoms with Crippen molar-refractivity contribution in [3.8, 4) is 0 Å². The Balaban J connectivity index is 1.90. The lowest BCUT2D eigenvalue weighted by Crippen LogP contribution is -2.37. The first-order valence-corrected chi connectivity index (χ1v) is 6.79. The van der Waals surface area contributed by atoms with E-state index in [1.807, 2.05) is 6.20 Å². The smallest absolute Gasteiger partial charge is 0.122 e. The summed E-state index contributed by atoms with van der Waals surface area (Å²) >= 11 is 0. The summed E-state index contributed by atoms with van der Waals surface area (Å²) in [6.07, 6.45) is 6.61. The van der Waals surface area contributed by atoms with Crippen LogP contribution in [0.4, 0.5) is 0 Å². The van der Waals surface area contributed by atoms with Gasteiger partial charge in [-0.1, -0.05) is 6.92 Å². The molecule has 1 unspecified atom stereocenters. The van der Waals surface area contributed by atoms with Crippen molar-refractivity contribution >= 4 is 0 Å². The first-order chi connectivity index (χ1) is 8.33. The Hall–Kier alpha value is -0.870. The highest BCUT2D eigenvalue weighted by molar-refractivity contribution is 4.92. The maximum atomic E-state index is 4.45. The highest BCUT2D eigenvalue weighted by Gasteiger charge is 2.18. The van der Waals surface area contributed by atoms with E-state index in [0.717, 1.165) is 26.2 Å². The highest BCUT2D eigenvalue weighted by atomic mass is 15.2. The van der Waals surface area contributed by atoms with Gasteiger partial charge >= 0.3 is 0 Å². The lowest BCUT2D eigenvalue weighted by atomic mass is 10.2. The van der Waals surface area contributed by atoms with Gasteiger partial charge in [-0.15, -0.1) is 0 Å². The van der Waals surface area contributed by atoms with Gasteiger partial charge in [-0.05, 0) is 32.9 Å². The minimum Gasteiger partial charge on any atom is -0.334 e. The number of likely N-dealkylation sites (N-methyl/N-ethyl adjacent to an activating group) is 1. The number of nitrogens with one attached hydrogen (secondary N) is 1. The van der Waals surface area contributed by atoms with E-state index in [2.05, 4.69) is 39.8 Å². The quantitative estimate of drug-likeness (QED) is 0.812. The predicted molar refractivity (Wildman–Crippen MR) is 69.9 cm³/mol. The molecule has 1 fully saturated rings. The molecule has 0 spiro atoms. The van der Waals surface area contributed by atoms with Crippen LogP contribution in [-0.2, 0) is 13.1 Å². The van der Waals surface area contributed by atoms with Crippen LogP contribution in [0, 0.1) is 0 Å². The molecule has 4 heteroatoms. The minimum atomic E-state index is 0.681. The number of nitrogens with zero attached hydrogens (tertiary/aromatic N) is 3. The van der Waals surface area contributed by atoms with Crippen molar-refractivity contribution in [2.75, 3.05) is 19.6 Å². The van der Waals surface area contributed by atoms with Crippen molar-refractivity contribution < 1.29 is 0 Å². The molecule has 1 aliphatic rings. The molecule has 0 saturated carbocycles. The van der Waals surface area contributed by atoms with Crippen LogP contribution in [0.1, 0.15) is 32.5 Å². The largest absolute Gasteiger partial charge is 0.334 e. The zero-order valence-corrected chi connectivity index (χ0v) is 11.0. The topological polar surface area (TPSA) is 33.1 Å². The average Bonchev–Trinajstić information content (AvgIpc) is 2.99. The van der Waals surface area contributed by atoms with Crippen LogP contribution in [0.5, 0.6) is 0 Å². The maximum absolute atomic E-state index is 4.45. The molecule has 0 aliphatic carbocycles. The summed E-state index contributed by atoms with van der Waals surface area (Å²) in [5.74, 6) is 1.19. The van der Waals surface area contributed by atoms with E-state index in [0.29, 0.717) is 6.04 Å². The average molecular weight is 236 g/mol.